The smallest absolute Gasteiger partial charge is 0.408 e. The topological polar surface area (TPSA) is 477 Å². The molecule has 3 aromatic carbocycles. The molecule has 0 radical (unpaired) electrons. The van der Waals surface area contributed by atoms with Crippen LogP contribution in [0.2, 0.25) is 0 Å². The third-order valence-electron chi connectivity index (χ3n) is 23.0. The van der Waals surface area contributed by atoms with Gasteiger partial charge in [0.2, 0.25) is 29.5 Å². The first-order chi connectivity index (χ1) is 60.1. The summed E-state index contributed by atoms with van der Waals surface area (Å²) < 4.78 is 62.2. The van der Waals surface area contributed by atoms with Gasteiger partial charge in [0.15, 0.2) is 23.1 Å². The number of Topliss-reactive ketones (excluding diaryl/α,β-unsaturated/α-hetero) is 3. The van der Waals surface area contributed by atoms with Gasteiger partial charge in [-0.2, -0.15) is 0 Å². The van der Waals surface area contributed by atoms with Crippen molar-refractivity contribution in [3.63, 3.8) is 0 Å². The number of rotatable bonds is 46. The first-order valence-corrected chi connectivity index (χ1v) is 45.5. The molecule has 6 amide bonds. The molecule has 0 aromatic heterocycles. The molecule has 4 heterocycles. The van der Waals surface area contributed by atoms with Crippen molar-refractivity contribution in [3.05, 3.63) is 108 Å². The zero-order chi connectivity index (χ0) is 97.3. The van der Waals surface area contributed by atoms with Crippen LogP contribution in [0.4, 0.5) is 4.79 Å². The van der Waals surface area contributed by atoms with E-state index in [4.69, 9.17) is 52.1 Å². The molecule has 3 aromatic rings. The highest BCUT2D eigenvalue weighted by Gasteiger charge is 2.71. The summed E-state index contributed by atoms with van der Waals surface area (Å²) in [6, 6.07) is 23.0. The molecule has 0 saturated carbocycles. The molecule has 0 spiro atoms. The first-order valence-electron chi connectivity index (χ1n) is 44.5. The van der Waals surface area contributed by atoms with Gasteiger partial charge in [-0.1, -0.05) is 97.9 Å². The van der Waals surface area contributed by atoms with Crippen LogP contribution in [-0.4, -0.2) is 254 Å². The Bertz CT molecular complexity index is 4310. The minimum Gasteiger partial charge on any atom is -0.469 e. The fourth-order valence-electron chi connectivity index (χ4n) is 16.2. The molecule has 4 aliphatic heterocycles. The van der Waals surface area contributed by atoms with Crippen molar-refractivity contribution >= 4 is 88.6 Å². The number of methoxy groups -OCH3 is 1. The van der Waals surface area contributed by atoms with E-state index in [9.17, 15) is 58.8 Å². The van der Waals surface area contributed by atoms with Crippen molar-refractivity contribution < 1.29 is 135 Å². The van der Waals surface area contributed by atoms with Crippen LogP contribution in [0.1, 0.15) is 239 Å². The molecule has 4 fully saturated rings. The van der Waals surface area contributed by atoms with Gasteiger partial charge in [0.25, 0.3) is 0 Å². The number of hydrogen-bond acceptors (Lipinski definition) is 29. The SMILES string of the molecule is COC(=O)[C@H](CSC(c1ccccc1)(c1ccccc1)c1ccccc1)CC(=O)[C@H](CC(=O)OC(C)(C)C)NC(=O)[C@H](CNC(=O)[C@H](CCC(=O)NC[C@@H](O)[C@@H]1OC(C)(C)[C@@]1(O)[C@@H]1COC(C)(C)O1)CC(=O)[C@H](CCC(=O)OC(C)(C)C)NC(=O)[C@H](CCC(=O)NC[C@@H](O)[C@@H]1OC(C)(C)[C@@]1(O)[C@@H]1COC(C)(C)O1)CC(=O)[C@@H](C)CCC(=O)OC(C)(C)C)NC(=O)OC(C)(C)C. The van der Waals surface area contributed by atoms with Crippen LogP contribution < -0.4 is 31.9 Å². The van der Waals surface area contributed by atoms with Crippen LogP contribution in [0.15, 0.2) is 91.0 Å². The number of aliphatic hydroxyl groups is 4. The lowest BCUT2D eigenvalue weighted by molar-refractivity contribution is -0.384. The maximum absolute atomic E-state index is 15.5. The quantitative estimate of drug-likeness (QED) is 0.0146. The van der Waals surface area contributed by atoms with E-state index in [1.54, 1.807) is 118 Å². The molecule has 0 bridgehead atoms. The summed E-state index contributed by atoms with van der Waals surface area (Å²) in [6.07, 6.45) is -15.2. The normalized spacial score (nSPS) is 22.5. The molecule has 35 heteroatoms. The summed E-state index contributed by atoms with van der Waals surface area (Å²) in [5.74, 6) is -18.0. The van der Waals surface area contributed by atoms with E-state index in [1.165, 1.54) is 39.5 Å². The van der Waals surface area contributed by atoms with Gasteiger partial charge in [-0.15, -0.1) is 11.8 Å². The lowest BCUT2D eigenvalue weighted by Gasteiger charge is -2.60. The van der Waals surface area contributed by atoms with Crippen molar-refractivity contribution in [2.24, 2.45) is 23.7 Å². The highest BCUT2D eigenvalue weighted by Crippen LogP contribution is 2.53. The predicted molar refractivity (Wildman–Crippen MR) is 477 cm³/mol. The minimum atomic E-state index is -1.94. The van der Waals surface area contributed by atoms with E-state index < -0.39 is 300 Å². The third kappa shape index (κ3) is 30.3. The number of carbonyl (C=O) groups excluding carboxylic acids is 13. The summed E-state index contributed by atoms with van der Waals surface area (Å²) in [4.78, 5) is 188. The zero-order valence-corrected chi connectivity index (χ0v) is 80.2. The van der Waals surface area contributed by atoms with Crippen molar-refractivity contribution in [2.45, 2.75) is 338 Å². The van der Waals surface area contributed by atoms with Crippen LogP contribution in [0.3, 0.4) is 0 Å². The van der Waals surface area contributed by atoms with Crippen LogP contribution in [0.25, 0.3) is 0 Å². The maximum Gasteiger partial charge on any atom is 0.408 e. The number of aliphatic hydroxyl groups excluding tert-OH is 2. The van der Waals surface area contributed by atoms with E-state index in [1.807, 2.05) is 91.0 Å². The summed E-state index contributed by atoms with van der Waals surface area (Å²) in [6.45, 7) is 31.6. The lowest BCUT2D eigenvalue weighted by atomic mass is 9.69. The minimum absolute atomic E-state index is 0.0273. The summed E-state index contributed by atoms with van der Waals surface area (Å²) in [7, 11) is 1.15. The molecule has 7 rings (SSSR count). The summed E-state index contributed by atoms with van der Waals surface area (Å²) >= 11 is 1.34. The van der Waals surface area contributed by atoms with Gasteiger partial charge in [0.05, 0.1) is 60.7 Å². The molecule has 4 saturated heterocycles. The van der Waals surface area contributed by atoms with Crippen LogP contribution in [-0.2, 0) is 114 Å². The highest BCUT2D eigenvalue weighted by atomic mass is 32.2. The highest BCUT2D eigenvalue weighted by molar-refractivity contribution is 8.00. The number of ether oxygens (including phenoxy) is 11. The Morgan fingerprint density at radius 2 is 0.815 bits per heavy atom. The van der Waals surface area contributed by atoms with Crippen molar-refractivity contribution in [3.8, 4) is 0 Å². The molecule has 130 heavy (non-hydrogen) atoms. The van der Waals surface area contributed by atoms with Crippen molar-refractivity contribution in [1.29, 1.82) is 0 Å². The fourth-order valence-corrected chi connectivity index (χ4v) is 17.8. The van der Waals surface area contributed by atoms with E-state index in [0.29, 0.717) is 0 Å². The van der Waals surface area contributed by atoms with E-state index >= 15 is 24.0 Å². The number of benzene rings is 3. The average Bonchev–Trinajstić information content (AvgIpc) is 1.27. The number of nitrogens with one attached hydrogen (secondary N) is 6. The van der Waals surface area contributed by atoms with Gasteiger partial charge in [0, 0.05) is 88.1 Å². The van der Waals surface area contributed by atoms with Crippen LogP contribution in [0, 0.1) is 23.7 Å². The maximum atomic E-state index is 15.5. The molecule has 10 N–H and O–H groups in total. The van der Waals surface area contributed by atoms with Gasteiger partial charge in [-0.05, 0) is 181 Å². The molecule has 0 aliphatic carbocycles. The second kappa shape index (κ2) is 44.8. The number of esters is 4. The van der Waals surface area contributed by atoms with Gasteiger partial charge >= 0.3 is 30.0 Å². The Balaban J connectivity index is 1.22. The van der Waals surface area contributed by atoms with Gasteiger partial charge in [-0.25, -0.2) is 4.79 Å². The van der Waals surface area contributed by atoms with E-state index in [2.05, 4.69) is 31.9 Å². The summed E-state index contributed by atoms with van der Waals surface area (Å²) in [5.41, 5.74) is -7.97. The summed E-state index contributed by atoms with van der Waals surface area (Å²) in [5, 5.41) is 62.9. The van der Waals surface area contributed by atoms with Gasteiger partial charge < -0.3 is 104 Å². The second-order valence-corrected chi connectivity index (χ2v) is 41.2. The van der Waals surface area contributed by atoms with Crippen LogP contribution in [0.5, 0.6) is 0 Å². The predicted octanol–water partition coefficient (Wildman–Crippen LogP) is 7.84. The average molecular weight is 1850 g/mol. The molecule has 4 aliphatic rings. The largest absolute Gasteiger partial charge is 0.469 e. The number of hydrogen-bond donors (Lipinski definition) is 10. The molecule has 0 unspecified atom stereocenters. The van der Waals surface area contributed by atoms with Crippen molar-refractivity contribution in [1.82, 2.24) is 31.9 Å². The van der Waals surface area contributed by atoms with Gasteiger partial charge in [0.1, 0.15) is 82.1 Å². The molecule has 724 valence electrons. The second-order valence-electron chi connectivity index (χ2n) is 39.9. The number of alkyl carbamates (subject to hydrolysis) is 1. The zero-order valence-electron chi connectivity index (χ0n) is 79.4. The molecule has 34 nitrogen and oxygen atoms in total. The molecule has 15 atom stereocenters. The van der Waals surface area contributed by atoms with Crippen LogP contribution >= 0.6 is 11.8 Å². The number of thioether (sulfide) groups is 1. The fraction of sp³-hybridized carbons (Fsp3) is 0.674. The lowest BCUT2D eigenvalue weighted by Crippen LogP contribution is -2.80. The number of amides is 6. The Kier molecular flexibility index (Phi) is 37.2. The molecular formula is C95H140N6O28S. The van der Waals surface area contributed by atoms with Crippen molar-refractivity contribution in [2.75, 3.05) is 45.7 Å². The third-order valence-corrected chi connectivity index (χ3v) is 24.7. The Hall–Kier alpha value is -8.88. The van der Waals surface area contributed by atoms with E-state index in [-0.39, 0.29) is 31.8 Å². The standard InChI is InChI=1S/C95H140N6O28S/c1-56(38-44-75(109)124-85(2,3)4)66(102)46-58(40-43-74(108)97-52-70(106)79-95(118,90(16,17)128-79)72-54-121-92(20,21)123-72)81(113)99-63(41-45-76(110)125-86(5,6)7)67(103)47-57(39-42-73(107)96-51-69(105)78-94(117,89(14,15)127-78)71-53-120-91(18,19)122-71)80(112)98-50-65(101-84(116)129-88(11,12)13)82(114)100-64(49-77(111)126-87(8,9)10)68(104)48-59(83(115)119-22)55-130-93(60-32-26-23-27-33-60,61-34-28-24-29-35-61)62-36-30-25-31-37-62/h23-37,56-59,63-65,69-72,78-79,105-106,117-118H,38-55H2,1-22H3,(H,96,107)(H,97,108)(H,98,112)(H,99,113)(H,100,114)(H,101,116)/t56-,57+,58+,59-,63-,64-,65-,69+,70+,71-,72-,78-,79-,94+,95+/m0/s1. The number of ketones is 3. The molecular weight excluding hydrogens is 1710 g/mol. The first kappa shape index (κ1) is 108. The number of carbonyl (C=O) groups is 13. The monoisotopic (exact) mass is 1840 g/mol. The van der Waals surface area contributed by atoms with E-state index in [0.717, 1.165) is 23.8 Å². The Labute approximate surface area is 767 Å². The Morgan fingerprint density at radius 1 is 0.431 bits per heavy atom. The Morgan fingerprint density at radius 3 is 1.22 bits per heavy atom. The van der Waals surface area contributed by atoms with Gasteiger partial charge in [-0.3, -0.25) is 57.5 Å².